The Bertz CT molecular complexity index is 188. The van der Waals surface area contributed by atoms with Crippen molar-refractivity contribution >= 4 is 0 Å². The van der Waals surface area contributed by atoms with Crippen molar-refractivity contribution in [2.75, 3.05) is 26.7 Å². The molecule has 0 aliphatic carbocycles. The van der Waals surface area contributed by atoms with Crippen LogP contribution in [0, 0.1) is 5.92 Å². The van der Waals surface area contributed by atoms with E-state index in [1.54, 1.807) is 0 Å². The standard InChI is InChI=1S/C12H24N2.2C2H6/c1-10-8-12(11(2)13(10)3)9-14-6-4-5-7-14;2*1-2/h10-12H,4-9H2,1-3H3;2*1-2H3/t10?,11-,12?;;/m1../s1. The lowest BCUT2D eigenvalue weighted by molar-refractivity contribution is 0.216. The average Bonchev–Trinajstić information content (AvgIpc) is 3.00. The molecule has 0 spiro atoms. The molecule has 3 atom stereocenters. The largest absolute Gasteiger partial charge is 0.303 e. The quantitative estimate of drug-likeness (QED) is 0.740. The van der Waals surface area contributed by atoms with Gasteiger partial charge in [-0.3, -0.25) is 0 Å². The van der Waals surface area contributed by atoms with Crippen molar-refractivity contribution in [2.45, 2.75) is 72.9 Å². The molecule has 0 bridgehead atoms. The second-order valence-corrected chi connectivity index (χ2v) is 5.26. The van der Waals surface area contributed by atoms with Crippen molar-refractivity contribution in [3.8, 4) is 0 Å². The van der Waals surface area contributed by atoms with Crippen LogP contribution in [0.1, 0.15) is 60.8 Å². The third-order valence-electron chi connectivity index (χ3n) is 4.36. The van der Waals surface area contributed by atoms with Gasteiger partial charge in [0.05, 0.1) is 0 Å². The van der Waals surface area contributed by atoms with Crippen LogP contribution in [0.2, 0.25) is 0 Å². The van der Waals surface area contributed by atoms with Crippen LogP contribution in [0.3, 0.4) is 0 Å². The smallest absolute Gasteiger partial charge is 0.0108 e. The van der Waals surface area contributed by atoms with Gasteiger partial charge in [0.2, 0.25) is 0 Å². The number of hydrogen-bond donors (Lipinski definition) is 0. The van der Waals surface area contributed by atoms with Gasteiger partial charge in [0, 0.05) is 18.6 Å². The molecule has 110 valence electrons. The fourth-order valence-corrected chi connectivity index (χ4v) is 3.06. The first-order chi connectivity index (χ1) is 8.68. The van der Waals surface area contributed by atoms with Gasteiger partial charge >= 0.3 is 0 Å². The predicted octanol–water partition coefficient (Wildman–Crippen LogP) is 3.86. The minimum Gasteiger partial charge on any atom is -0.303 e. The summed E-state index contributed by atoms with van der Waals surface area (Å²) in [5, 5.41) is 0. The van der Waals surface area contributed by atoms with Gasteiger partial charge in [0.1, 0.15) is 0 Å². The van der Waals surface area contributed by atoms with E-state index in [0.29, 0.717) is 0 Å². The predicted molar refractivity (Wildman–Crippen MR) is 83.2 cm³/mol. The highest BCUT2D eigenvalue weighted by atomic mass is 15.2. The topological polar surface area (TPSA) is 6.48 Å². The lowest BCUT2D eigenvalue weighted by Gasteiger charge is -2.25. The van der Waals surface area contributed by atoms with Crippen LogP contribution >= 0.6 is 0 Å². The van der Waals surface area contributed by atoms with Gasteiger partial charge in [0.25, 0.3) is 0 Å². The molecular formula is C16H36N2. The maximum absolute atomic E-state index is 2.66. The average molecular weight is 256 g/mol. The third kappa shape index (κ3) is 4.89. The van der Waals surface area contributed by atoms with Crippen molar-refractivity contribution in [2.24, 2.45) is 5.92 Å². The van der Waals surface area contributed by atoms with E-state index in [2.05, 4.69) is 30.7 Å². The molecule has 0 saturated carbocycles. The van der Waals surface area contributed by atoms with Gasteiger partial charge in [0.15, 0.2) is 0 Å². The molecule has 2 rings (SSSR count). The highest BCUT2D eigenvalue weighted by molar-refractivity contribution is 4.89. The van der Waals surface area contributed by atoms with Crippen LogP contribution in [-0.4, -0.2) is 48.6 Å². The molecule has 18 heavy (non-hydrogen) atoms. The fourth-order valence-electron chi connectivity index (χ4n) is 3.06. The minimum atomic E-state index is 0.783. The summed E-state index contributed by atoms with van der Waals surface area (Å²) in [6.07, 6.45) is 4.24. The lowest BCUT2D eigenvalue weighted by Crippen LogP contribution is -2.34. The second kappa shape index (κ2) is 9.80. The first-order valence-corrected chi connectivity index (χ1v) is 8.13. The molecule has 0 radical (unpaired) electrons. The molecule has 0 aromatic carbocycles. The molecule has 0 N–H and O–H groups in total. The monoisotopic (exact) mass is 256 g/mol. The van der Waals surface area contributed by atoms with E-state index >= 15 is 0 Å². The first kappa shape index (κ1) is 17.9. The van der Waals surface area contributed by atoms with Gasteiger partial charge in [-0.15, -0.1) is 0 Å². The molecule has 2 aliphatic heterocycles. The molecule has 2 nitrogen and oxygen atoms in total. The van der Waals surface area contributed by atoms with Crippen molar-refractivity contribution in [1.82, 2.24) is 9.80 Å². The highest BCUT2D eigenvalue weighted by Crippen LogP contribution is 2.29. The Kier molecular flexibility index (Phi) is 9.76. The fraction of sp³-hybridized carbons (Fsp3) is 1.00. The van der Waals surface area contributed by atoms with Gasteiger partial charge in [-0.05, 0) is 59.2 Å². The molecule has 2 fully saturated rings. The van der Waals surface area contributed by atoms with Crippen molar-refractivity contribution in [1.29, 1.82) is 0 Å². The van der Waals surface area contributed by atoms with Crippen LogP contribution in [0.15, 0.2) is 0 Å². The van der Waals surface area contributed by atoms with E-state index in [1.807, 2.05) is 27.7 Å². The van der Waals surface area contributed by atoms with Gasteiger partial charge in [-0.2, -0.15) is 0 Å². The summed E-state index contributed by atoms with van der Waals surface area (Å²) in [4.78, 5) is 5.20. The van der Waals surface area contributed by atoms with E-state index in [9.17, 15) is 0 Å². The Hall–Kier alpha value is -0.0800. The number of likely N-dealkylation sites (tertiary alicyclic amines) is 2. The minimum absolute atomic E-state index is 0.783. The van der Waals surface area contributed by atoms with Crippen LogP contribution in [0.5, 0.6) is 0 Å². The number of rotatable bonds is 2. The SMILES string of the molecule is CC.CC.CC1CC(CN2CCCC2)[C@@H](C)N1C. The third-order valence-corrected chi connectivity index (χ3v) is 4.36. The van der Waals surface area contributed by atoms with Gasteiger partial charge in [-0.1, -0.05) is 27.7 Å². The molecular weight excluding hydrogens is 220 g/mol. The van der Waals surface area contributed by atoms with E-state index in [4.69, 9.17) is 0 Å². The zero-order valence-corrected chi connectivity index (χ0v) is 13.9. The van der Waals surface area contributed by atoms with Crippen LogP contribution in [0.25, 0.3) is 0 Å². The molecule has 2 aliphatic rings. The van der Waals surface area contributed by atoms with Crippen molar-refractivity contribution in [3.05, 3.63) is 0 Å². The summed E-state index contributed by atoms with van der Waals surface area (Å²) in [7, 11) is 2.28. The summed E-state index contributed by atoms with van der Waals surface area (Å²) >= 11 is 0. The summed E-state index contributed by atoms with van der Waals surface area (Å²) in [5.41, 5.74) is 0. The number of hydrogen-bond acceptors (Lipinski definition) is 2. The van der Waals surface area contributed by atoms with E-state index < -0.39 is 0 Å². The Balaban J connectivity index is 0.000000659. The van der Waals surface area contributed by atoms with Crippen LogP contribution in [0.4, 0.5) is 0 Å². The summed E-state index contributed by atoms with van der Waals surface area (Å²) in [6, 6.07) is 1.57. The Morgan fingerprint density at radius 3 is 1.83 bits per heavy atom. The molecule has 0 amide bonds. The zero-order chi connectivity index (χ0) is 14.1. The normalized spacial score (nSPS) is 32.5. The Morgan fingerprint density at radius 2 is 1.44 bits per heavy atom. The maximum atomic E-state index is 2.66. The Labute approximate surface area is 116 Å². The maximum Gasteiger partial charge on any atom is 0.0108 e. The van der Waals surface area contributed by atoms with Crippen LogP contribution < -0.4 is 0 Å². The summed E-state index contributed by atoms with van der Waals surface area (Å²) in [6.45, 7) is 16.8. The summed E-state index contributed by atoms with van der Waals surface area (Å²) < 4.78 is 0. The first-order valence-electron chi connectivity index (χ1n) is 8.13. The Morgan fingerprint density at radius 1 is 0.944 bits per heavy atom. The molecule has 0 aromatic rings. The van der Waals surface area contributed by atoms with Gasteiger partial charge < -0.3 is 9.80 Å². The molecule has 2 saturated heterocycles. The van der Waals surface area contributed by atoms with E-state index in [0.717, 1.165) is 18.0 Å². The molecule has 2 heterocycles. The van der Waals surface area contributed by atoms with E-state index in [-0.39, 0.29) is 0 Å². The van der Waals surface area contributed by atoms with E-state index in [1.165, 1.54) is 38.9 Å². The second-order valence-electron chi connectivity index (χ2n) is 5.26. The zero-order valence-electron chi connectivity index (χ0n) is 13.9. The lowest BCUT2D eigenvalue weighted by atomic mass is 10.00. The summed E-state index contributed by atoms with van der Waals surface area (Å²) in [5.74, 6) is 0.910. The number of nitrogens with zero attached hydrogens (tertiary/aromatic N) is 2. The van der Waals surface area contributed by atoms with Crippen molar-refractivity contribution in [3.63, 3.8) is 0 Å². The highest BCUT2D eigenvalue weighted by Gasteiger charge is 2.34. The molecule has 2 heteroatoms. The van der Waals surface area contributed by atoms with Crippen molar-refractivity contribution < 1.29 is 0 Å². The molecule has 0 aromatic heterocycles. The van der Waals surface area contributed by atoms with Crippen LogP contribution in [-0.2, 0) is 0 Å². The molecule has 2 unspecified atom stereocenters. The van der Waals surface area contributed by atoms with Gasteiger partial charge in [-0.25, -0.2) is 0 Å².